The minimum absolute atomic E-state index is 0.0699. The number of thiophene rings is 1. The number of nitrogens with zero attached hydrogens (tertiary/aromatic N) is 2. The first kappa shape index (κ1) is 29.4. The van der Waals surface area contributed by atoms with Crippen molar-refractivity contribution in [1.29, 1.82) is 0 Å². The van der Waals surface area contributed by atoms with Crippen LogP contribution in [0.3, 0.4) is 0 Å². The van der Waals surface area contributed by atoms with Gasteiger partial charge in [-0.05, 0) is 85.7 Å². The molecule has 0 unspecified atom stereocenters. The largest absolute Gasteiger partial charge is 0.312 e. The van der Waals surface area contributed by atoms with Gasteiger partial charge in [-0.1, -0.05) is 140 Å². The molecule has 0 atom stereocenters. The van der Waals surface area contributed by atoms with Crippen LogP contribution < -0.4 is 46.9 Å². The van der Waals surface area contributed by atoms with E-state index in [2.05, 4.69) is 198 Å². The highest BCUT2D eigenvalue weighted by molar-refractivity contribution is 7.26. The van der Waals surface area contributed by atoms with E-state index in [9.17, 15) is 0 Å². The molecule has 0 amide bonds. The molecule has 12 rings (SSSR count). The molecule has 1 aromatic heterocycles. The molecule has 0 bridgehead atoms. The van der Waals surface area contributed by atoms with Gasteiger partial charge in [-0.3, -0.25) is 0 Å². The Labute approximate surface area is 313 Å². The van der Waals surface area contributed by atoms with Crippen LogP contribution in [0.1, 0.15) is 0 Å². The van der Waals surface area contributed by atoms with Gasteiger partial charge in [0.2, 0.25) is 0 Å². The summed E-state index contributed by atoms with van der Waals surface area (Å²) in [4.78, 5) is 5.15. The van der Waals surface area contributed by atoms with Gasteiger partial charge in [0.1, 0.15) is 0 Å². The van der Waals surface area contributed by atoms with Crippen molar-refractivity contribution in [1.82, 2.24) is 0 Å². The van der Waals surface area contributed by atoms with Gasteiger partial charge < -0.3 is 9.80 Å². The van der Waals surface area contributed by atoms with E-state index in [1.54, 1.807) is 0 Å². The van der Waals surface area contributed by atoms with Crippen LogP contribution in [0.25, 0.3) is 20.2 Å². The maximum absolute atomic E-state index is 2.76. The highest BCUT2D eigenvalue weighted by atomic mass is 32.1. The van der Waals surface area contributed by atoms with Crippen molar-refractivity contribution >= 4 is 118 Å². The van der Waals surface area contributed by atoms with Crippen LogP contribution in [0.15, 0.2) is 188 Å². The average Bonchev–Trinajstić information content (AvgIpc) is 3.59. The smallest absolute Gasteiger partial charge is 0.252 e. The van der Waals surface area contributed by atoms with E-state index in [4.69, 9.17) is 0 Å². The maximum atomic E-state index is 2.62. The van der Waals surface area contributed by atoms with E-state index in [0.29, 0.717) is 0 Å². The second kappa shape index (κ2) is 10.9. The highest BCUT2D eigenvalue weighted by Gasteiger charge is 2.53. The highest BCUT2D eigenvalue weighted by Crippen LogP contribution is 2.46. The van der Waals surface area contributed by atoms with E-state index >= 15 is 0 Å². The SMILES string of the molecule is c1ccc(N2c3cc4c(cc3B3c5cccc6c5N(c5ccccc5[Si]6(c5ccccc5)c5ccccc5)c5cccc2c53)sc2ccccc24)cc1. The molecular formula is C48H31BN2SSi. The Balaban J connectivity index is 1.24. The predicted octanol–water partition coefficient (Wildman–Crippen LogP) is 7.83. The predicted molar refractivity (Wildman–Crippen MR) is 231 cm³/mol. The summed E-state index contributed by atoms with van der Waals surface area (Å²) in [7, 11) is -2.76. The molecule has 0 radical (unpaired) electrons. The van der Waals surface area contributed by atoms with Crippen LogP contribution in [0.5, 0.6) is 0 Å². The minimum atomic E-state index is -2.76. The first-order chi connectivity index (χ1) is 26.3. The lowest BCUT2D eigenvalue weighted by atomic mass is 9.33. The van der Waals surface area contributed by atoms with Crippen molar-refractivity contribution in [2.24, 2.45) is 0 Å². The van der Waals surface area contributed by atoms with Gasteiger partial charge in [0.25, 0.3) is 6.71 Å². The lowest BCUT2D eigenvalue weighted by Crippen LogP contribution is -2.79. The normalized spacial score (nSPS) is 14.5. The topological polar surface area (TPSA) is 6.48 Å². The minimum Gasteiger partial charge on any atom is -0.312 e. The van der Waals surface area contributed by atoms with Crippen molar-refractivity contribution in [2.45, 2.75) is 0 Å². The molecule has 0 aliphatic carbocycles. The van der Waals surface area contributed by atoms with Gasteiger partial charge in [-0.15, -0.1) is 11.3 Å². The maximum Gasteiger partial charge on any atom is 0.252 e. The monoisotopic (exact) mass is 706 g/mol. The molecule has 9 aromatic rings. The Kier molecular flexibility index (Phi) is 6.08. The van der Waals surface area contributed by atoms with Crippen LogP contribution in [-0.4, -0.2) is 14.8 Å². The third-order valence-corrected chi connectivity index (χ3v) is 17.9. The summed E-state index contributed by atoms with van der Waals surface area (Å²) in [6, 6.07) is 71.1. The van der Waals surface area contributed by atoms with Crippen molar-refractivity contribution in [2.75, 3.05) is 9.80 Å². The lowest BCUT2D eigenvalue weighted by Gasteiger charge is -2.50. The van der Waals surface area contributed by atoms with Gasteiger partial charge in [-0.25, -0.2) is 0 Å². The molecule has 3 aliphatic rings. The number of hydrogen-bond donors (Lipinski definition) is 0. The fourth-order valence-electron chi connectivity index (χ4n) is 9.90. The first-order valence-electron chi connectivity index (χ1n) is 18.4. The van der Waals surface area contributed by atoms with Crippen LogP contribution in [-0.2, 0) is 0 Å². The molecular weight excluding hydrogens is 676 g/mol. The molecule has 8 aromatic carbocycles. The Morgan fingerprint density at radius 1 is 0.415 bits per heavy atom. The van der Waals surface area contributed by atoms with Crippen molar-refractivity contribution in [3.63, 3.8) is 0 Å². The Bertz CT molecular complexity index is 2890. The summed E-state index contributed by atoms with van der Waals surface area (Å²) in [5, 5.41) is 8.37. The summed E-state index contributed by atoms with van der Waals surface area (Å²) in [6.45, 7) is 0.0699. The zero-order chi connectivity index (χ0) is 34.7. The van der Waals surface area contributed by atoms with Crippen molar-refractivity contribution in [3.05, 3.63) is 188 Å². The first-order valence-corrected chi connectivity index (χ1v) is 21.2. The van der Waals surface area contributed by atoms with Crippen molar-refractivity contribution in [3.8, 4) is 0 Å². The lowest BCUT2D eigenvalue weighted by molar-refractivity contribution is 1.26. The molecule has 0 spiro atoms. The molecule has 5 heteroatoms. The summed E-state index contributed by atoms with van der Waals surface area (Å²) < 4.78 is 2.67. The number of anilines is 6. The number of hydrogen-bond acceptors (Lipinski definition) is 3. The molecule has 246 valence electrons. The van der Waals surface area contributed by atoms with E-state index in [1.165, 1.54) is 91.4 Å². The number of para-hydroxylation sites is 3. The number of benzene rings is 8. The van der Waals surface area contributed by atoms with E-state index in [0.717, 1.165) is 0 Å². The zero-order valence-corrected chi connectivity index (χ0v) is 30.6. The molecule has 0 fully saturated rings. The Morgan fingerprint density at radius 3 is 1.79 bits per heavy atom. The van der Waals surface area contributed by atoms with Crippen LogP contribution >= 0.6 is 11.3 Å². The zero-order valence-electron chi connectivity index (χ0n) is 28.8. The Morgan fingerprint density at radius 2 is 1.02 bits per heavy atom. The van der Waals surface area contributed by atoms with Gasteiger partial charge in [0.15, 0.2) is 8.07 Å². The summed E-state index contributed by atoms with van der Waals surface area (Å²) in [5.41, 5.74) is 11.7. The molecule has 2 nitrogen and oxygen atoms in total. The molecule has 0 saturated carbocycles. The quantitative estimate of drug-likeness (QED) is 0.173. The summed E-state index contributed by atoms with van der Waals surface area (Å²) in [5.74, 6) is 0. The third kappa shape index (κ3) is 3.83. The van der Waals surface area contributed by atoms with Crippen LogP contribution in [0.2, 0.25) is 0 Å². The number of rotatable bonds is 3. The van der Waals surface area contributed by atoms with Gasteiger partial charge in [0, 0.05) is 54.3 Å². The molecule has 53 heavy (non-hydrogen) atoms. The fraction of sp³-hybridized carbons (Fsp3) is 0. The van der Waals surface area contributed by atoms with Gasteiger partial charge in [0.05, 0.1) is 0 Å². The molecule has 4 heterocycles. The second-order valence-electron chi connectivity index (χ2n) is 14.4. The molecule has 0 N–H and O–H groups in total. The van der Waals surface area contributed by atoms with Crippen LogP contribution in [0, 0.1) is 0 Å². The third-order valence-electron chi connectivity index (χ3n) is 11.9. The molecule has 3 aliphatic heterocycles. The van der Waals surface area contributed by atoms with E-state index in [1.807, 2.05) is 11.3 Å². The van der Waals surface area contributed by atoms with Crippen molar-refractivity contribution < 1.29 is 0 Å². The average molecular weight is 707 g/mol. The van der Waals surface area contributed by atoms with Crippen LogP contribution in [0.4, 0.5) is 34.1 Å². The fourth-order valence-corrected chi connectivity index (χ4v) is 16.2. The van der Waals surface area contributed by atoms with Gasteiger partial charge >= 0.3 is 0 Å². The number of fused-ring (bicyclic) bond motifs is 9. The van der Waals surface area contributed by atoms with E-state index < -0.39 is 8.07 Å². The summed E-state index contributed by atoms with van der Waals surface area (Å²) >= 11 is 1.91. The second-order valence-corrected chi connectivity index (χ2v) is 19.2. The Hall–Kier alpha value is -6.14. The standard InChI is InChI=1S/C48H31BN2SSi/c1-4-16-32(17-5-1)50-40-25-15-26-41-47(40)49(38-31-44-36(30-42(38)50)35-22-10-12-27-43(35)52-44)37-23-14-29-46-48(37)51(41)39-24-11-13-28-45(39)53(46,33-18-6-2-7-19-33)34-20-8-3-9-21-34/h1-31H. The summed E-state index contributed by atoms with van der Waals surface area (Å²) in [6.07, 6.45) is 0. The van der Waals surface area contributed by atoms with E-state index in [-0.39, 0.29) is 6.71 Å². The molecule has 0 saturated heterocycles. The van der Waals surface area contributed by atoms with Gasteiger partial charge in [-0.2, -0.15) is 0 Å².